The Labute approximate surface area is 155 Å². The van der Waals surface area contributed by atoms with Gasteiger partial charge in [-0.1, -0.05) is 50.9 Å². The van der Waals surface area contributed by atoms with Crippen LogP contribution in [0.1, 0.15) is 33.3 Å². The summed E-state index contributed by atoms with van der Waals surface area (Å²) in [5.74, 6) is 0.550. The zero-order chi connectivity index (χ0) is 19.0. The summed E-state index contributed by atoms with van der Waals surface area (Å²) in [6, 6.07) is 3.80. The van der Waals surface area contributed by atoms with Crippen LogP contribution >= 0.6 is 23.2 Å². The monoisotopic (exact) mass is 392 g/mol. The highest BCUT2D eigenvalue weighted by molar-refractivity contribution is 6.74. The molecule has 0 amide bonds. The van der Waals surface area contributed by atoms with E-state index in [1.165, 1.54) is 0 Å². The third kappa shape index (κ3) is 7.37. The first-order valence-electron chi connectivity index (χ1n) is 7.74. The molecule has 1 aromatic carbocycles. The number of aryl methyl sites for hydroxylation is 1. The van der Waals surface area contributed by atoms with Gasteiger partial charge in [0, 0.05) is 0 Å². The first kappa shape index (κ1) is 23.2. The van der Waals surface area contributed by atoms with Gasteiger partial charge in [-0.15, -0.1) is 0 Å². The van der Waals surface area contributed by atoms with E-state index in [0.29, 0.717) is 29.0 Å². The van der Waals surface area contributed by atoms with Gasteiger partial charge >= 0.3 is 6.15 Å². The second-order valence-corrected chi connectivity index (χ2v) is 12.4. The summed E-state index contributed by atoms with van der Waals surface area (Å²) in [4.78, 5) is 16.2. The van der Waals surface area contributed by atoms with Crippen molar-refractivity contribution in [3.8, 4) is 5.75 Å². The van der Waals surface area contributed by atoms with E-state index in [9.17, 15) is 0 Å². The Morgan fingerprint density at radius 3 is 1.92 bits per heavy atom. The van der Waals surface area contributed by atoms with E-state index in [0.717, 1.165) is 12.0 Å². The molecule has 0 spiro atoms. The lowest BCUT2D eigenvalue weighted by Gasteiger charge is -2.36. The van der Waals surface area contributed by atoms with Crippen molar-refractivity contribution in [3.63, 3.8) is 0 Å². The predicted molar refractivity (Wildman–Crippen MR) is 99.5 cm³/mol. The molecule has 0 saturated carbocycles. The first-order valence-corrected chi connectivity index (χ1v) is 11.4. The Morgan fingerprint density at radius 1 is 1.08 bits per heavy atom. The number of hydrogen-bond acceptors (Lipinski definition) is 4. The fraction of sp³-hybridized carbons (Fsp3) is 0.588. The van der Waals surface area contributed by atoms with Crippen LogP contribution in [0.4, 0.5) is 0 Å². The quantitative estimate of drug-likeness (QED) is 0.481. The van der Waals surface area contributed by atoms with Gasteiger partial charge < -0.3 is 9.16 Å². The van der Waals surface area contributed by atoms with Crippen LogP contribution in [-0.2, 0) is 20.4 Å². The molecule has 136 valence electrons. The summed E-state index contributed by atoms with van der Waals surface area (Å²) < 4.78 is 11.8. The Bertz CT molecular complexity index is 539. The normalized spacial score (nSPS) is 11.3. The van der Waals surface area contributed by atoms with Gasteiger partial charge in [0.2, 0.25) is 0 Å². The van der Waals surface area contributed by atoms with Gasteiger partial charge in [-0.3, -0.25) is 0 Å². The molecule has 0 N–H and O–H groups in total. The molecule has 4 nitrogen and oxygen atoms in total. The van der Waals surface area contributed by atoms with E-state index in [2.05, 4.69) is 40.8 Å². The first-order chi connectivity index (χ1) is 11.0. The van der Waals surface area contributed by atoms with Gasteiger partial charge in [0.15, 0.2) is 14.1 Å². The van der Waals surface area contributed by atoms with Crippen molar-refractivity contribution in [2.45, 2.75) is 52.2 Å². The van der Waals surface area contributed by atoms with Crippen molar-refractivity contribution in [3.05, 3.63) is 27.7 Å². The largest absolute Gasteiger partial charge is 0.488 e. The molecule has 0 atom stereocenters. The summed E-state index contributed by atoms with van der Waals surface area (Å²) in [5, 5.41) is 1.32. The van der Waals surface area contributed by atoms with Gasteiger partial charge in [-0.25, -0.2) is 0 Å². The second-order valence-electron chi connectivity index (χ2n) is 6.78. The summed E-state index contributed by atoms with van der Waals surface area (Å²) in [6.45, 7) is 14.2. The van der Waals surface area contributed by atoms with Gasteiger partial charge in [0.1, 0.15) is 6.61 Å². The molecular weight excluding hydrogens is 367 g/mol. The number of carbonyl (C=O) groups excluding carboxylic acids is 2. The minimum atomic E-state index is -1.73. The molecule has 7 heteroatoms. The summed E-state index contributed by atoms with van der Waals surface area (Å²) in [6.07, 6.45) is 1.15. The minimum Gasteiger partial charge on any atom is -0.488 e. The van der Waals surface area contributed by atoms with Crippen molar-refractivity contribution in [2.24, 2.45) is 0 Å². The zero-order valence-electron chi connectivity index (χ0n) is 15.2. The maximum atomic E-state index is 8.12. The van der Waals surface area contributed by atoms with Crippen LogP contribution in [0.2, 0.25) is 28.2 Å². The van der Waals surface area contributed by atoms with E-state index in [1.54, 1.807) is 0 Å². The lowest BCUT2D eigenvalue weighted by Crippen LogP contribution is -2.41. The molecule has 24 heavy (non-hydrogen) atoms. The summed E-state index contributed by atoms with van der Waals surface area (Å²) >= 11 is 12.4. The van der Waals surface area contributed by atoms with Gasteiger partial charge in [0.05, 0.1) is 16.7 Å². The predicted octanol–water partition coefficient (Wildman–Crippen LogP) is 5.37. The smallest absolute Gasteiger partial charge is 0.373 e. The third-order valence-electron chi connectivity index (χ3n) is 4.07. The fourth-order valence-corrected chi connectivity index (χ4v) is 3.28. The van der Waals surface area contributed by atoms with Gasteiger partial charge in [-0.05, 0) is 42.2 Å². The van der Waals surface area contributed by atoms with Crippen LogP contribution < -0.4 is 4.74 Å². The lowest BCUT2D eigenvalue weighted by molar-refractivity contribution is -0.191. The number of halogens is 2. The van der Waals surface area contributed by atoms with E-state index >= 15 is 0 Å². The Hall–Kier alpha value is -0.843. The Morgan fingerprint density at radius 2 is 1.54 bits per heavy atom. The molecule has 0 aromatic heterocycles. The average Bonchev–Trinajstić information content (AvgIpc) is 2.45. The topological polar surface area (TPSA) is 52.6 Å². The molecule has 0 aliphatic rings. The standard InChI is InChI=1S/C16H26Cl2O2Si.CO2/c1-7-12-10-13(17)15(14(18)11-12)19-8-9-20-21(5,6)16(2,3)4;2-1-3/h10-11H,7-9H2,1-6H3;. The lowest BCUT2D eigenvalue weighted by atomic mass is 10.2. The van der Waals surface area contributed by atoms with Crippen LogP contribution in [0.25, 0.3) is 0 Å². The molecule has 0 radical (unpaired) electrons. The Kier molecular flexibility index (Phi) is 9.86. The maximum absolute atomic E-state index is 8.12. The number of hydrogen-bond donors (Lipinski definition) is 0. The minimum absolute atomic E-state index is 0.199. The van der Waals surface area contributed by atoms with E-state index in [4.69, 9.17) is 42.0 Å². The van der Waals surface area contributed by atoms with Crippen LogP contribution in [0.3, 0.4) is 0 Å². The highest BCUT2D eigenvalue weighted by Crippen LogP contribution is 2.37. The zero-order valence-corrected chi connectivity index (χ0v) is 17.7. The van der Waals surface area contributed by atoms with E-state index in [1.807, 2.05) is 12.1 Å². The van der Waals surface area contributed by atoms with E-state index < -0.39 is 8.32 Å². The molecular formula is C17H26Cl2O4Si. The highest BCUT2D eigenvalue weighted by atomic mass is 35.5. The number of rotatable bonds is 6. The van der Waals surface area contributed by atoms with Crippen molar-refractivity contribution in [2.75, 3.05) is 13.2 Å². The van der Waals surface area contributed by atoms with Crippen molar-refractivity contribution in [1.82, 2.24) is 0 Å². The molecule has 0 unspecified atom stereocenters. The molecule has 1 rings (SSSR count). The van der Waals surface area contributed by atoms with Gasteiger partial charge in [-0.2, -0.15) is 9.59 Å². The molecule has 0 aliphatic carbocycles. The molecule has 0 fully saturated rings. The van der Waals surface area contributed by atoms with Crippen molar-refractivity contribution < 1.29 is 18.8 Å². The third-order valence-corrected chi connectivity index (χ3v) is 9.16. The van der Waals surface area contributed by atoms with Crippen LogP contribution in [0.15, 0.2) is 12.1 Å². The maximum Gasteiger partial charge on any atom is 0.373 e. The number of ether oxygens (including phenoxy) is 1. The molecule has 0 aliphatic heterocycles. The van der Waals surface area contributed by atoms with Crippen molar-refractivity contribution >= 4 is 37.7 Å². The average molecular weight is 393 g/mol. The molecule has 0 bridgehead atoms. The molecule has 1 aromatic rings. The second kappa shape index (κ2) is 10.2. The molecule has 0 heterocycles. The fourth-order valence-electron chi connectivity index (χ4n) is 1.61. The SMILES string of the molecule is CCc1cc(Cl)c(OCCO[Si](C)(C)C(C)(C)C)c(Cl)c1.O=C=O. The van der Waals surface area contributed by atoms with Gasteiger partial charge in [0.25, 0.3) is 0 Å². The van der Waals surface area contributed by atoms with Crippen LogP contribution in [-0.4, -0.2) is 27.7 Å². The van der Waals surface area contributed by atoms with Crippen LogP contribution in [0, 0.1) is 0 Å². The Balaban J connectivity index is 0.00000163. The van der Waals surface area contributed by atoms with Crippen LogP contribution in [0.5, 0.6) is 5.75 Å². The van der Waals surface area contributed by atoms with Crippen molar-refractivity contribution in [1.29, 1.82) is 0 Å². The van der Waals surface area contributed by atoms with E-state index in [-0.39, 0.29) is 11.2 Å². The summed E-state index contributed by atoms with van der Waals surface area (Å²) in [7, 11) is -1.73. The summed E-state index contributed by atoms with van der Waals surface area (Å²) in [5.41, 5.74) is 1.11. The molecule has 0 saturated heterocycles. The highest BCUT2D eigenvalue weighted by Gasteiger charge is 2.36. The number of benzene rings is 1.